The van der Waals surface area contributed by atoms with E-state index in [1.54, 1.807) is 0 Å². The van der Waals surface area contributed by atoms with Gasteiger partial charge >= 0.3 is 0 Å². The minimum absolute atomic E-state index is 0.255. The van der Waals surface area contributed by atoms with Gasteiger partial charge in [0, 0.05) is 0 Å². The molecule has 1 aromatic rings. The predicted molar refractivity (Wildman–Crippen MR) is 73.4 cm³/mol. The molecule has 0 fully saturated rings. The molecule has 0 amide bonds. The van der Waals surface area contributed by atoms with Crippen molar-refractivity contribution >= 4 is 0 Å². The first-order valence-electron chi connectivity index (χ1n) is 6.55. The fourth-order valence-electron chi connectivity index (χ4n) is 2.01. The van der Waals surface area contributed by atoms with Crippen molar-refractivity contribution in [3.8, 4) is 5.75 Å². The lowest BCUT2D eigenvalue weighted by atomic mass is 9.80. The van der Waals surface area contributed by atoms with Gasteiger partial charge in [0.15, 0.2) is 0 Å². The summed E-state index contributed by atoms with van der Waals surface area (Å²) in [6.45, 7) is 8.00. The Hall–Kier alpha value is -1.02. The summed E-state index contributed by atoms with van der Waals surface area (Å²) in [6, 6.07) is 8.20. The van der Waals surface area contributed by atoms with Crippen LogP contribution < -0.4 is 10.5 Å². The second-order valence-corrected chi connectivity index (χ2v) is 4.82. The van der Waals surface area contributed by atoms with E-state index in [9.17, 15) is 0 Å². The Kier molecular flexibility index (Phi) is 5.49. The van der Waals surface area contributed by atoms with E-state index in [0.29, 0.717) is 0 Å². The molecule has 0 radical (unpaired) electrons. The SMILES string of the molecule is CCC(CC)(CN)CCOc1ccc(C)cc1. The van der Waals surface area contributed by atoms with Crippen LogP contribution in [0.4, 0.5) is 0 Å². The van der Waals surface area contributed by atoms with Gasteiger partial charge in [-0.2, -0.15) is 0 Å². The topological polar surface area (TPSA) is 35.2 Å². The summed E-state index contributed by atoms with van der Waals surface area (Å²) in [5.74, 6) is 0.953. The second kappa shape index (κ2) is 6.65. The van der Waals surface area contributed by atoms with Crippen LogP contribution in [-0.4, -0.2) is 13.2 Å². The number of nitrogens with two attached hydrogens (primary N) is 1. The first kappa shape index (κ1) is 14.0. The molecule has 0 aliphatic heterocycles. The van der Waals surface area contributed by atoms with Gasteiger partial charge in [0.2, 0.25) is 0 Å². The van der Waals surface area contributed by atoms with Crippen molar-refractivity contribution in [3.63, 3.8) is 0 Å². The van der Waals surface area contributed by atoms with Crippen molar-refractivity contribution in [1.82, 2.24) is 0 Å². The second-order valence-electron chi connectivity index (χ2n) is 4.82. The van der Waals surface area contributed by atoms with Crippen molar-refractivity contribution in [2.45, 2.75) is 40.0 Å². The van der Waals surface area contributed by atoms with Gasteiger partial charge in [0.05, 0.1) is 6.61 Å². The summed E-state index contributed by atoms with van der Waals surface area (Å²) in [5.41, 5.74) is 7.39. The zero-order valence-electron chi connectivity index (χ0n) is 11.3. The van der Waals surface area contributed by atoms with Gasteiger partial charge in [-0.1, -0.05) is 31.5 Å². The molecule has 0 atom stereocenters. The molecule has 0 saturated carbocycles. The molecular formula is C15H25NO. The Labute approximate surface area is 105 Å². The van der Waals surface area contributed by atoms with Gasteiger partial charge < -0.3 is 10.5 Å². The van der Waals surface area contributed by atoms with E-state index in [1.165, 1.54) is 5.56 Å². The molecule has 0 aromatic heterocycles. The first-order chi connectivity index (χ1) is 8.15. The van der Waals surface area contributed by atoms with Crippen molar-refractivity contribution in [2.75, 3.05) is 13.2 Å². The minimum atomic E-state index is 0.255. The summed E-state index contributed by atoms with van der Waals surface area (Å²) in [7, 11) is 0. The van der Waals surface area contributed by atoms with Crippen molar-refractivity contribution < 1.29 is 4.74 Å². The van der Waals surface area contributed by atoms with E-state index < -0.39 is 0 Å². The van der Waals surface area contributed by atoms with Gasteiger partial charge in [-0.3, -0.25) is 0 Å². The van der Waals surface area contributed by atoms with Crippen molar-refractivity contribution in [3.05, 3.63) is 29.8 Å². The average molecular weight is 235 g/mol. The van der Waals surface area contributed by atoms with E-state index in [2.05, 4.69) is 32.9 Å². The average Bonchev–Trinajstić information content (AvgIpc) is 2.38. The Bertz CT molecular complexity index is 306. The number of rotatable bonds is 7. The number of ether oxygens (including phenoxy) is 1. The number of aryl methyl sites for hydroxylation is 1. The smallest absolute Gasteiger partial charge is 0.119 e. The molecule has 0 bridgehead atoms. The third kappa shape index (κ3) is 4.04. The van der Waals surface area contributed by atoms with Gasteiger partial charge in [-0.25, -0.2) is 0 Å². The molecule has 0 aliphatic rings. The number of benzene rings is 1. The van der Waals surface area contributed by atoms with Crippen LogP contribution in [0.25, 0.3) is 0 Å². The normalized spacial score (nSPS) is 11.5. The molecule has 17 heavy (non-hydrogen) atoms. The minimum Gasteiger partial charge on any atom is -0.494 e. The molecule has 2 heteroatoms. The van der Waals surface area contributed by atoms with Crippen LogP contribution in [0.3, 0.4) is 0 Å². The van der Waals surface area contributed by atoms with Crippen LogP contribution in [0.1, 0.15) is 38.7 Å². The fraction of sp³-hybridized carbons (Fsp3) is 0.600. The van der Waals surface area contributed by atoms with Gasteiger partial charge in [-0.05, 0) is 50.3 Å². The quantitative estimate of drug-likeness (QED) is 0.784. The highest BCUT2D eigenvalue weighted by molar-refractivity contribution is 5.26. The maximum absolute atomic E-state index is 5.87. The zero-order chi connectivity index (χ0) is 12.7. The Morgan fingerprint density at radius 3 is 2.18 bits per heavy atom. The predicted octanol–water partition coefficient (Wildman–Crippen LogP) is 3.53. The van der Waals surface area contributed by atoms with E-state index >= 15 is 0 Å². The maximum Gasteiger partial charge on any atom is 0.119 e. The van der Waals surface area contributed by atoms with Gasteiger partial charge in [0.1, 0.15) is 5.75 Å². The van der Waals surface area contributed by atoms with E-state index in [-0.39, 0.29) is 5.41 Å². The first-order valence-corrected chi connectivity index (χ1v) is 6.55. The fourth-order valence-corrected chi connectivity index (χ4v) is 2.01. The highest BCUT2D eigenvalue weighted by Gasteiger charge is 2.23. The molecular weight excluding hydrogens is 210 g/mol. The Balaban J connectivity index is 2.43. The third-order valence-corrected chi connectivity index (χ3v) is 3.86. The van der Waals surface area contributed by atoms with Crippen molar-refractivity contribution in [2.24, 2.45) is 11.1 Å². The zero-order valence-corrected chi connectivity index (χ0v) is 11.3. The molecule has 2 nitrogen and oxygen atoms in total. The largest absolute Gasteiger partial charge is 0.494 e. The summed E-state index contributed by atoms with van der Waals surface area (Å²) < 4.78 is 5.77. The molecule has 96 valence electrons. The molecule has 2 N–H and O–H groups in total. The number of hydrogen-bond donors (Lipinski definition) is 1. The maximum atomic E-state index is 5.87. The van der Waals surface area contributed by atoms with Crippen LogP contribution in [0, 0.1) is 12.3 Å². The van der Waals surface area contributed by atoms with Crippen LogP contribution in [-0.2, 0) is 0 Å². The van der Waals surface area contributed by atoms with E-state index in [0.717, 1.165) is 38.2 Å². The molecule has 0 saturated heterocycles. The van der Waals surface area contributed by atoms with Crippen LogP contribution in [0.15, 0.2) is 24.3 Å². The van der Waals surface area contributed by atoms with Crippen LogP contribution >= 0.6 is 0 Å². The highest BCUT2D eigenvalue weighted by atomic mass is 16.5. The van der Waals surface area contributed by atoms with Gasteiger partial charge in [0.25, 0.3) is 0 Å². The third-order valence-electron chi connectivity index (χ3n) is 3.86. The molecule has 0 unspecified atom stereocenters. The highest BCUT2D eigenvalue weighted by Crippen LogP contribution is 2.29. The molecule has 1 aromatic carbocycles. The lowest BCUT2D eigenvalue weighted by Gasteiger charge is -2.29. The van der Waals surface area contributed by atoms with E-state index in [4.69, 9.17) is 10.5 Å². The summed E-state index contributed by atoms with van der Waals surface area (Å²) >= 11 is 0. The lowest BCUT2D eigenvalue weighted by Crippen LogP contribution is -2.31. The molecule has 0 heterocycles. The van der Waals surface area contributed by atoms with E-state index in [1.807, 2.05) is 12.1 Å². The lowest BCUT2D eigenvalue weighted by molar-refractivity contribution is 0.187. The number of hydrogen-bond acceptors (Lipinski definition) is 2. The summed E-state index contributed by atoms with van der Waals surface area (Å²) in [4.78, 5) is 0. The monoisotopic (exact) mass is 235 g/mol. The summed E-state index contributed by atoms with van der Waals surface area (Å²) in [5, 5.41) is 0. The Morgan fingerprint density at radius 2 is 1.71 bits per heavy atom. The van der Waals surface area contributed by atoms with Crippen LogP contribution in [0.2, 0.25) is 0 Å². The van der Waals surface area contributed by atoms with Crippen molar-refractivity contribution in [1.29, 1.82) is 0 Å². The van der Waals surface area contributed by atoms with Crippen LogP contribution in [0.5, 0.6) is 5.75 Å². The summed E-state index contributed by atoms with van der Waals surface area (Å²) in [6.07, 6.45) is 3.28. The van der Waals surface area contributed by atoms with Gasteiger partial charge in [-0.15, -0.1) is 0 Å². The standard InChI is InChI=1S/C15H25NO/c1-4-15(5-2,12-16)10-11-17-14-8-6-13(3)7-9-14/h6-9H,4-5,10-12,16H2,1-3H3. The molecule has 0 spiro atoms. The molecule has 0 aliphatic carbocycles. The Morgan fingerprint density at radius 1 is 1.12 bits per heavy atom. The molecule has 1 rings (SSSR count).